The van der Waals surface area contributed by atoms with Crippen LogP contribution in [0.2, 0.25) is 0 Å². The fraction of sp³-hybridized carbons (Fsp3) is 0.364. The van der Waals surface area contributed by atoms with Gasteiger partial charge >= 0.3 is 11.9 Å². The minimum Gasteiger partial charge on any atom is -0.289 e. The van der Waals surface area contributed by atoms with Crippen molar-refractivity contribution < 1.29 is 29.1 Å². The van der Waals surface area contributed by atoms with Gasteiger partial charge in [-0.3, -0.25) is 9.78 Å². The molecule has 6 heteroatoms. The largest absolute Gasteiger partial charge is 0.390 e. The van der Waals surface area contributed by atoms with Crippen molar-refractivity contribution in [2.24, 2.45) is 0 Å². The molecule has 6 nitrogen and oxygen atoms in total. The fourth-order valence-electron chi connectivity index (χ4n) is 3.77. The Balaban J connectivity index is 1.79. The number of carbonyl (C=O) groups is 2. The Labute approximate surface area is 164 Å². The molecular formula is C22H24O6. The number of hydrogen-bond donors (Lipinski definition) is 0. The second kappa shape index (κ2) is 7.54. The molecule has 0 saturated carbocycles. The molecule has 0 atom stereocenters. The van der Waals surface area contributed by atoms with Crippen molar-refractivity contribution in [2.45, 2.75) is 52.9 Å². The van der Waals surface area contributed by atoms with Crippen LogP contribution in [0.1, 0.15) is 71.0 Å². The van der Waals surface area contributed by atoms with Gasteiger partial charge in [-0.1, -0.05) is 39.3 Å². The zero-order valence-electron chi connectivity index (χ0n) is 16.8. The van der Waals surface area contributed by atoms with Crippen LogP contribution in [0.15, 0.2) is 30.3 Å². The first-order valence-electron chi connectivity index (χ1n) is 9.27. The Kier molecular flexibility index (Phi) is 5.31. The van der Waals surface area contributed by atoms with Crippen LogP contribution in [-0.4, -0.2) is 11.9 Å². The van der Waals surface area contributed by atoms with Crippen molar-refractivity contribution in [1.29, 1.82) is 0 Å². The van der Waals surface area contributed by atoms with Gasteiger partial charge in [0.1, 0.15) is 5.56 Å². The maximum absolute atomic E-state index is 12.7. The van der Waals surface area contributed by atoms with Crippen molar-refractivity contribution in [3.05, 3.63) is 58.1 Å². The summed E-state index contributed by atoms with van der Waals surface area (Å²) in [6.45, 7) is 9.99. The van der Waals surface area contributed by atoms with Gasteiger partial charge in [-0.2, -0.15) is 0 Å². The van der Waals surface area contributed by atoms with Gasteiger partial charge in [-0.25, -0.2) is 19.4 Å². The lowest BCUT2D eigenvalue weighted by atomic mass is 9.76. The highest BCUT2D eigenvalue weighted by atomic mass is 17.2. The Hall–Kier alpha value is -3.02. The zero-order chi connectivity index (χ0) is 20.5. The third-order valence-electron chi connectivity index (χ3n) is 5.03. The molecular weight excluding hydrogens is 360 g/mol. The van der Waals surface area contributed by atoms with E-state index in [9.17, 15) is 9.59 Å². The molecule has 1 aliphatic rings. The molecule has 2 bridgehead atoms. The van der Waals surface area contributed by atoms with Crippen molar-refractivity contribution in [2.75, 3.05) is 0 Å². The van der Waals surface area contributed by atoms with E-state index in [4.69, 9.17) is 19.6 Å². The summed E-state index contributed by atoms with van der Waals surface area (Å²) in [5.41, 5.74) is 2.87. The molecule has 1 aliphatic heterocycles. The lowest BCUT2D eigenvalue weighted by Gasteiger charge is -2.28. The first-order chi connectivity index (χ1) is 13.3. The second-order valence-electron chi connectivity index (χ2n) is 7.60. The van der Waals surface area contributed by atoms with Crippen molar-refractivity contribution in [3.63, 3.8) is 0 Å². The predicted octanol–water partition coefficient (Wildman–Crippen LogP) is 5.00. The first-order valence-corrected chi connectivity index (χ1v) is 9.27. The van der Waals surface area contributed by atoms with Gasteiger partial charge in [0.15, 0.2) is 11.5 Å². The number of fused-ring (bicyclic) bond motifs is 2. The molecule has 2 aromatic carbocycles. The number of benzene rings is 2. The normalized spacial score (nSPS) is 12.2. The number of aryl methyl sites for hydroxylation is 1. The third-order valence-corrected chi connectivity index (χ3v) is 5.03. The molecule has 0 fully saturated rings. The van der Waals surface area contributed by atoms with Crippen LogP contribution in [0, 0.1) is 13.8 Å². The second-order valence-corrected chi connectivity index (χ2v) is 7.60. The van der Waals surface area contributed by atoms with Crippen LogP contribution in [0.4, 0.5) is 0 Å². The fourth-order valence-corrected chi connectivity index (χ4v) is 3.77. The molecule has 2 aromatic rings. The summed E-state index contributed by atoms with van der Waals surface area (Å²) in [4.78, 5) is 44.7. The molecule has 0 aromatic heterocycles. The quantitative estimate of drug-likeness (QED) is 0.534. The van der Waals surface area contributed by atoms with E-state index in [1.54, 1.807) is 25.1 Å². The van der Waals surface area contributed by atoms with E-state index in [0.29, 0.717) is 16.9 Å². The zero-order valence-corrected chi connectivity index (χ0v) is 16.8. The van der Waals surface area contributed by atoms with Gasteiger partial charge in [-0.15, -0.1) is 0 Å². The SMILES string of the molecule is CCCC(C)(C)c1c(C)cccc1C(=O)OOC(=O)c1ccc2c(C)c1OO2. The first kappa shape index (κ1) is 19.7. The Morgan fingerprint density at radius 1 is 0.964 bits per heavy atom. The van der Waals surface area contributed by atoms with Gasteiger partial charge in [0.2, 0.25) is 0 Å². The van der Waals surface area contributed by atoms with Crippen molar-refractivity contribution in [1.82, 2.24) is 0 Å². The summed E-state index contributed by atoms with van der Waals surface area (Å²) < 4.78 is 0. The molecule has 0 radical (unpaired) electrons. The summed E-state index contributed by atoms with van der Waals surface area (Å²) in [5.74, 6) is -0.742. The summed E-state index contributed by atoms with van der Waals surface area (Å²) in [6.07, 6.45) is 1.88. The summed E-state index contributed by atoms with van der Waals surface area (Å²) >= 11 is 0. The van der Waals surface area contributed by atoms with E-state index in [2.05, 4.69) is 20.8 Å². The van der Waals surface area contributed by atoms with E-state index < -0.39 is 11.9 Å². The van der Waals surface area contributed by atoms with Crippen LogP contribution in [-0.2, 0) is 15.2 Å². The third kappa shape index (κ3) is 3.54. The molecule has 0 unspecified atom stereocenters. The molecule has 1 heterocycles. The van der Waals surface area contributed by atoms with E-state index in [-0.39, 0.29) is 16.7 Å². The van der Waals surface area contributed by atoms with Gasteiger partial charge in [0.25, 0.3) is 0 Å². The van der Waals surface area contributed by atoms with E-state index >= 15 is 0 Å². The molecule has 3 rings (SSSR count). The molecule has 0 N–H and O–H groups in total. The Bertz CT molecular complexity index is 929. The van der Waals surface area contributed by atoms with Gasteiger partial charge in [-0.05, 0) is 55.0 Å². The molecule has 148 valence electrons. The standard InChI is InChI=1S/C22H24O6/c1-6-12-22(4,5)18-13(2)8-7-9-15(18)20(23)27-28-21(24)16-10-11-17-14(3)19(16)26-25-17/h7-11H,6,12H2,1-5H3. The van der Waals surface area contributed by atoms with E-state index in [1.165, 1.54) is 6.07 Å². The average Bonchev–Trinajstić information content (AvgIpc) is 2.87. The minimum atomic E-state index is -0.828. The number of carbonyl (C=O) groups excluding carboxylic acids is 2. The van der Waals surface area contributed by atoms with Gasteiger partial charge < -0.3 is 0 Å². The van der Waals surface area contributed by atoms with E-state index in [1.807, 2.05) is 13.0 Å². The molecule has 0 spiro atoms. The van der Waals surface area contributed by atoms with Gasteiger partial charge in [0, 0.05) is 5.56 Å². The van der Waals surface area contributed by atoms with Crippen molar-refractivity contribution in [3.8, 4) is 11.5 Å². The van der Waals surface area contributed by atoms with E-state index in [0.717, 1.165) is 24.0 Å². The highest BCUT2D eigenvalue weighted by Crippen LogP contribution is 2.38. The molecule has 0 amide bonds. The topological polar surface area (TPSA) is 71.1 Å². The molecule has 0 saturated heterocycles. The minimum absolute atomic E-state index is 0.127. The summed E-state index contributed by atoms with van der Waals surface area (Å²) in [7, 11) is 0. The van der Waals surface area contributed by atoms with Crippen LogP contribution in [0.5, 0.6) is 11.5 Å². The highest BCUT2D eigenvalue weighted by molar-refractivity contribution is 5.95. The molecule has 28 heavy (non-hydrogen) atoms. The number of hydrogen-bond acceptors (Lipinski definition) is 6. The lowest BCUT2D eigenvalue weighted by Crippen LogP contribution is -2.23. The maximum atomic E-state index is 12.7. The summed E-state index contributed by atoms with van der Waals surface area (Å²) in [5, 5.41) is 0. The number of rotatable bonds is 5. The average molecular weight is 384 g/mol. The Morgan fingerprint density at radius 2 is 1.64 bits per heavy atom. The Morgan fingerprint density at radius 3 is 2.32 bits per heavy atom. The van der Waals surface area contributed by atoms with Gasteiger partial charge in [0.05, 0.1) is 5.56 Å². The predicted molar refractivity (Wildman–Crippen MR) is 102 cm³/mol. The smallest absolute Gasteiger partial charge is 0.289 e. The monoisotopic (exact) mass is 384 g/mol. The van der Waals surface area contributed by atoms with Crippen molar-refractivity contribution >= 4 is 11.9 Å². The molecule has 0 aliphatic carbocycles. The lowest BCUT2D eigenvalue weighted by molar-refractivity contribution is -0.188. The highest BCUT2D eigenvalue weighted by Gasteiger charge is 2.30. The van der Waals surface area contributed by atoms with Crippen LogP contribution in [0.3, 0.4) is 0 Å². The van der Waals surface area contributed by atoms with Crippen LogP contribution < -0.4 is 9.78 Å². The van der Waals surface area contributed by atoms with Crippen LogP contribution >= 0.6 is 0 Å². The van der Waals surface area contributed by atoms with Crippen LogP contribution in [0.25, 0.3) is 0 Å². The maximum Gasteiger partial charge on any atom is 0.390 e. The summed E-state index contributed by atoms with van der Waals surface area (Å²) in [6, 6.07) is 8.52.